The summed E-state index contributed by atoms with van der Waals surface area (Å²) in [5.74, 6) is 2.38. The molecule has 0 bridgehead atoms. The maximum atomic E-state index is 5.80. The first-order chi connectivity index (χ1) is 10.7. The maximum Gasteiger partial charge on any atom is 0.145 e. The lowest BCUT2D eigenvalue weighted by atomic mass is 10.2. The van der Waals surface area contributed by atoms with Gasteiger partial charge in [0.25, 0.3) is 0 Å². The predicted molar refractivity (Wildman–Crippen MR) is 97.1 cm³/mol. The molecule has 110 valence electrons. The van der Waals surface area contributed by atoms with Crippen molar-refractivity contribution in [3.8, 4) is 17.1 Å². The highest BCUT2D eigenvalue weighted by Gasteiger charge is 2.03. The van der Waals surface area contributed by atoms with Crippen LogP contribution in [0.5, 0.6) is 5.75 Å². The van der Waals surface area contributed by atoms with Crippen LogP contribution in [0.2, 0.25) is 0 Å². The number of hydrogen-bond acceptors (Lipinski definition) is 3. The maximum absolute atomic E-state index is 5.80. The van der Waals surface area contributed by atoms with E-state index in [4.69, 9.17) is 9.15 Å². The Labute approximate surface area is 142 Å². The van der Waals surface area contributed by atoms with E-state index in [1.807, 2.05) is 48.5 Å². The largest absolute Gasteiger partial charge is 0.497 e. The van der Waals surface area contributed by atoms with Gasteiger partial charge in [-0.05, 0) is 71.1 Å². The van der Waals surface area contributed by atoms with Crippen LogP contribution in [0.3, 0.4) is 0 Å². The van der Waals surface area contributed by atoms with Crippen molar-refractivity contribution in [2.75, 3.05) is 7.11 Å². The standard InChI is InChI=1S/C18H14INO2/c1-21-16-8-6-15(7-9-16)20-12-17-10-11-18(22-17)13-2-4-14(19)5-3-13/h2-12H,1H3. The van der Waals surface area contributed by atoms with Crippen LogP contribution < -0.4 is 4.74 Å². The van der Waals surface area contributed by atoms with Crippen LogP contribution in [0.15, 0.2) is 70.1 Å². The van der Waals surface area contributed by atoms with Gasteiger partial charge in [-0.3, -0.25) is 4.99 Å². The smallest absolute Gasteiger partial charge is 0.145 e. The molecule has 0 radical (unpaired) electrons. The zero-order chi connectivity index (χ0) is 15.4. The third-order valence-corrected chi connectivity index (χ3v) is 3.89. The van der Waals surface area contributed by atoms with Crippen molar-refractivity contribution in [3.05, 3.63) is 70.0 Å². The second-order valence-electron chi connectivity index (χ2n) is 4.67. The lowest BCUT2D eigenvalue weighted by Crippen LogP contribution is -1.80. The first-order valence-corrected chi connectivity index (χ1v) is 7.86. The van der Waals surface area contributed by atoms with Crippen LogP contribution in [0.1, 0.15) is 5.76 Å². The third kappa shape index (κ3) is 3.57. The van der Waals surface area contributed by atoms with E-state index in [1.54, 1.807) is 13.3 Å². The summed E-state index contributed by atoms with van der Waals surface area (Å²) < 4.78 is 12.1. The Morgan fingerprint density at radius 1 is 0.955 bits per heavy atom. The lowest BCUT2D eigenvalue weighted by molar-refractivity contribution is 0.415. The monoisotopic (exact) mass is 403 g/mol. The Morgan fingerprint density at radius 3 is 2.36 bits per heavy atom. The number of nitrogens with zero attached hydrogens (tertiary/aromatic N) is 1. The van der Waals surface area contributed by atoms with Crippen LogP contribution in [0.4, 0.5) is 5.69 Å². The molecule has 4 heteroatoms. The molecular weight excluding hydrogens is 389 g/mol. The molecule has 3 rings (SSSR count). The minimum absolute atomic E-state index is 0.726. The Hall–Kier alpha value is -2.08. The molecule has 3 aromatic rings. The van der Waals surface area contributed by atoms with Crippen LogP contribution >= 0.6 is 22.6 Å². The number of furan rings is 1. The van der Waals surface area contributed by atoms with Gasteiger partial charge in [-0.25, -0.2) is 0 Å². The fraction of sp³-hybridized carbons (Fsp3) is 0.0556. The first kappa shape index (κ1) is 14.8. The van der Waals surface area contributed by atoms with Gasteiger partial charge in [0.2, 0.25) is 0 Å². The van der Waals surface area contributed by atoms with E-state index >= 15 is 0 Å². The predicted octanol–water partition coefficient (Wildman–Crippen LogP) is 5.31. The second-order valence-corrected chi connectivity index (χ2v) is 5.91. The van der Waals surface area contributed by atoms with E-state index in [1.165, 1.54) is 3.57 Å². The average Bonchev–Trinajstić information content (AvgIpc) is 3.03. The zero-order valence-electron chi connectivity index (χ0n) is 12.0. The summed E-state index contributed by atoms with van der Waals surface area (Å²) in [6.45, 7) is 0. The van der Waals surface area contributed by atoms with Crippen molar-refractivity contribution in [2.45, 2.75) is 0 Å². The molecule has 0 aliphatic heterocycles. The van der Waals surface area contributed by atoms with E-state index in [-0.39, 0.29) is 0 Å². The molecule has 0 amide bonds. The molecule has 22 heavy (non-hydrogen) atoms. The third-order valence-electron chi connectivity index (χ3n) is 3.17. The summed E-state index contributed by atoms with van der Waals surface area (Å²) in [6, 6.07) is 19.6. The fourth-order valence-corrected chi connectivity index (χ4v) is 2.36. The molecule has 0 saturated carbocycles. The number of benzene rings is 2. The topological polar surface area (TPSA) is 34.7 Å². The number of methoxy groups -OCH3 is 1. The van der Waals surface area contributed by atoms with Crippen molar-refractivity contribution >= 4 is 34.5 Å². The SMILES string of the molecule is COc1ccc(N=Cc2ccc(-c3ccc(I)cc3)o2)cc1. The van der Waals surface area contributed by atoms with Gasteiger partial charge >= 0.3 is 0 Å². The normalized spacial score (nSPS) is 11.0. The Morgan fingerprint density at radius 2 is 1.68 bits per heavy atom. The summed E-state index contributed by atoms with van der Waals surface area (Å²) in [7, 11) is 1.65. The van der Waals surface area contributed by atoms with Gasteiger partial charge < -0.3 is 9.15 Å². The summed E-state index contributed by atoms with van der Waals surface area (Å²) in [5.41, 5.74) is 1.91. The number of hydrogen-bond donors (Lipinski definition) is 0. The van der Waals surface area contributed by atoms with Crippen molar-refractivity contribution in [3.63, 3.8) is 0 Å². The highest BCUT2D eigenvalue weighted by atomic mass is 127. The molecule has 0 aliphatic rings. The highest BCUT2D eigenvalue weighted by molar-refractivity contribution is 14.1. The molecule has 0 fully saturated rings. The second kappa shape index (κ2) is 6.79. The van der Waals surface area contributed by atoms with Crippen LogP contribution in [0, 0.1) is 3.57 Å². The summed E-state index contributed by atoms with van der Waals surface area (Å²) in [6.07, 6.45) is 1.72. The Balaban J connectivity index is 1.75. The van der Waals surface area contributed by atoms with E-state index in [0.717, 1.165) is 28.5 Å². The minimum Gasteiger partial charge on any atom is -0.497 e. The highest BCUT2D eigenvalue weighted by Crippen LogP contribution is 2.23. The van der Waals surface area contributed by atoms with Gasteiger partial charge in [0.05, 0.1) is 19.0 Å². The number of rotatable bonds is 4. The number of aliphatic imine (C=N–C) groups is 1. The van der Waals surface area contributed by atoms with E-state index in [0.29, 0.717) is 0 Å². The van der Waals surface area contributed by atoms with Gasteiger partial charge in [0.1, 0.15) is 17.3 Å². The van der Waals surface area contributed by atoms with Crippen molar-refractivity contribution in [1.29, 1.82) is 0 Å². The van der Waals surface area contributed by atoms with Crippen molar-refractivity contribution < 1.29 is 9.15 Å². The number of halogens is 1. The van der Waals surface area contributed by atoms with Gasteiger partial charge in [-0.2, -0.15) is 0 Å². The summed E-state index contributed by atoms with van der Waals surface area (Å²) in [4.78, 5) is 4.40. The molecule has 0 aliphatic carbocycles. The number of ether oxygens (including phenoxy) is 1. The Bertz CT molecular complexity index is 774. The van der Waals surface area contributed by atoms with Crippen LogP contribution in [-0.2, 0) is 0 Å². The lowest BCUT2D eigenvalue weighted by Gasteiger charge is -1.98. The van der Waals surface area contributed by atoms with E-state index in [9.17, 15) is 0 Å². The molecule has 0 atom stereocenters. The van der Waals surface area contributed by atoms with Gasteiger partial charge in [-0.15, -0.1) is 0 Å². The molecule has 0 saturated heterocycles. The first-order valence-electron chi connectivity index (χ1n) is 6.78. The van der Waals surface area contributed by atoms with Crippen molar-refractivity contribution in [2.24, 2.45) is 4.99 Å². The van der Waals surface area contributed by atoms with E-state index in [2.05, 4.69) is 39.7 Å². The van der Waals surface area contributed by atoms with E-state index < -0.39 is 0 Å². The molecule has 3 nitrogen and oxygen atoms in total. The zero-order valence-corrected chi connectivity index (χ0v) is 14.2. The molecule has 0 N–H and O–H groups in total. The minimum atomic E-state index is 0.726. The molecule has 0 spiro atoms. The molecule has 2 aromatic carbocycles. The van der Waals surface area contributed by atoms with Crippen LogP contribution in [-0.4, -0.2) is 13.3 Å². The fourth-order valence-electron chi connectivity index (χ4n) is 2.00. The summed E-state index contributed by atoms with van der Waals surface area (Å²) >= 11 is 2.29. The average molecular weight is 403 g/mol. The van der Waals surface area contributed by atoms with Crippen LogP contribution in [0.25, 0.3) is 11.3 Å². The van der Waals surface area contributed by atoms with Gasteiger partial charge in [0, 0.05) is 9.13 Å². The Kier molecular flexibility index (Phi) is 4.58. The van der Waals surface area contributed by atoms with Gasteiger partial charge in [-0.1, -0.05) is 12.1 Å². The molecule has 0 unspecified atom stereocenters. The quantitative estimate of drug-likeness (QED) is 0.437. The summed E-state index contributed by atoms with van der Waals surface area (Å²) in [5, 5.41) is 0. The van der Waals surface area contributed by atoms with Gasteiger partial charge in [0.15, 0.2) is 0 Å². The molecule has 1 aromatic heterocycles. The molecule has 1 heterocycles. The van der Waals surface area contributed by atoms with Crippen molar-refractivity contribution in [1.82, 2.24) is 0 Å². The molecular formula is C18H14INO2.